The summed E-state index contributed by atoms with van der Waals surface area (Å²) < 4.78 is 6.08. The van der Waals surface area contributed by atoms with Crippen LogP contribution in [0, 0.1) is 0 Å². The van der Waals surface area contributed by atoms with E-state index in [9.17, 15) is 0 Å². The molecule has 0 heterocycles. The van der Waals surface area contributed by atoms with Crippen LogP contribution in [0.25, 0.3) is 0 Å². The molecule has 0 aliphatic heterocycles. The van der Waals surface area contributed by atoms with Crippen molar-refractivity contribution < 1.29 is 4.74 Å². The number of hydrogen-bond acceptors (Lipinski definition) is 3. The molecular weight excluding hydrogens is 302 g/mol. The molecule has 0 unspecified atom stereocenters. The van der Waals surface area contributed by atoms with Gasteiger partial charge >= 0.3 is 0 Å². The molecule has 0 aliphatic rings. The molecule has 0 bridgehead atoms. The van der Waals surface area contributed by atoms with Gasteiger partial charge in [0.05, 0.1) is 13.3 Å². The van der Waals surface area contributed by atoms with Gasteiger partial charge in [0.25, 0.3) is 0 Å². The maximum atomic E-state index is 5.13. The van der Waals surface area contributed by atoms with Gasteiger partial charge in [0.15, 0.2) is 5.11 Å². The van der Waals surface area contributed by atoms with E-state index in [-0.39, 0.29) is 0 Å². The number of hydrazone groups is 1. The van der Waals surface area contributed by atoms with Crippen molar-refractivity contribution in [1.82, 2.24) is 10.7 Å². The number of nitrogens with one attached hydrogen (secondary N) is 2. The van der Waals surface area contributed by atoms with Crippen LogP contribution in [-0.2, 0) is 0 Å². The Balaban J connectivity index is 2.67. The van der Waals surface area contributed by atoms with Gasteiger partial charge in [0, 0.05) is 16.6 Å². The third-order valence-corrected chi connectivity index (χ3v) is 2.87. The second-order valence-corrected chi connectivity index (χ2v) is 4.38. The molecule has 4 nitrogen and oxygen atoms in total. The summed E-state index contributed by atoms with van der Waals surface area (Å²) >= 11 is 8.41. The number of hydrogen-bond donors (Lipinski definition) is 2. The summed E-state index contributed by atoms with van der Waals surface area (Å²) in [6, 6.07) is 5.66. The van der Waals surface area contributed by atoms with Crippen molar-refractivity contribution >= 4 is 39.5 Å². The second kappa shape index (κ2) is 7.24. The van der Waals surface area contributed by atoms with Crippen molar-refractivity contribution in [2.75, 3.05) is 13.7 Å². The minimum absolute atomic E-state index is 0.503. The van der Waals surface area contributed by atoms with Gasteiger partial charge in [-0.05, 0) is 37.3 Å². The average molecular weight is 316 g/mol. The highest BCUT2D eigenvalue weighted by atomic mass is 79.9. The predicted molar refractivity (Wildman–Crippen MR) is 77.7 cm³/mol. The maximum Gasteiger partial charge on any atom is 0.186 e. The Kier molecular flexibility index (Phi) is 5.93. The summed E-state index contributed by atoms with van der Waals surface area (Å²) in [6.45, 7) is 2.74. The molecule has 1 rings (SSSR count). The molecule has 0 saturated carbocycles. The Labute approximate surface area is 115 Å². The summed E-state index contributed by atoms with van der Waals surface area (Å²) in [4.78, 5) is 0. The molecule has 1 aromatic rings. The minimum Gasteiger partial charge on any atom is -0.497 e. The molecule has 92 valence electrons. The first kappa shape index (κ1) is 13.9. The Bertz CT molecular complexity index is 423. The highest BCUT2D eigenvalue weighted by Crippen LogP contribution is 2.20. The highest BCUT2D eigenvalue weighted by Gasteiger charge is 1.99. The lowest BCUT2D eigenvalue weighted by molar-refractivity contribution is 0.414. The topological polar surface area (TPSA) is 45.7 Å². The van der Waals surface area contributed by atoms with Crippen LogP contribution >= 0.6 is 28.1 Å². The van der Waals surface area contributed by atoms with Gasteiger partial charge in [-0.1, -0.05) is 15.9 Å². The van der Waals surface area contributed by atoms with Gasteiger partial charge in [-0.2, -0.15) is 5.10 Å². The second-order valence-electron chi connectivity index (χ2n) is 3.12. The van der Waals surface area contributed by atoms with E-state index in [0.717, 1.165) is 22.3 Å². The molecule has 17 heavy (non-hydrogen) atoms. The van der Waals surface area contributed by atoms with E-state index in [4.69, 9.17) is 17.0 Å². The molecule has 0 spiro atoms. The van der Waals surface area contributed by atoms with Crippen LogP contribution < -0.4 is 15.5 Å². The van der Waals surface area contributed by atoms with Crippen LogP contribution in [-0.4, -0.2) is 25.0 Å². The molecule has 0 aliphatic carbocycles. The Morgan fingerprint density at radius 1 is 1.59 bits per heavy atom. The molecule has 0 aromatic heterocycles. The van der Waals surface area contributed by atoms with Crippen LogP contribution in [0.1, 0.15) is 12.5 Å². The molecule has 0 radical (unpaired) electrons. The Hall–Kier alpha value is -1.14. The molecule has 6 heteroatoms. The lowest BCUT2D eigenvalue weighted by Gasteiger charge is -2.04. The number of methoxy groups -OCH3 is 1. The molecule has 2 N–H and O–H groups in total. The number of ether oxygens (including phenoxy) is 1. The predicted octanol–water partition coefficient (Wildman–Crippen LogP) is 2.28. The SMILES string of the molecule is CCNC(=S)N/N=C/c1cc(OC)ccc1Br. The lowest BCUT2D eigenvalue weighted by atomic mass is 10.2. The van der Waals surface area contributed by atoms with Crippen molar-refractivity contribution in [1.29, 1.82) is 0 Å². The number of nitrogens with zero attached hydrogens (tertiary/aromatic N) is 1. The fourth-order valence-electron chi connectivity index (χ4n) is 1.11. The van der Waals surface area contributed by atoms with E-state index in [2.05, 4.69) is 31.8 Å². The smallest absolute Gasteiger partial charge is 0.186 e. The fraction of sp³-hybridized carbons (Fsp3) is 0.273. The van der Waals surface area contributed by atoms with E-state index < -0.39 is 0 Å². The van der Waals surface area contributed by atoms with E-state index in [1.807, 2.05) is 25.1 Å². The van der Waals surface area contributed by atoms with Crippen LogP contribution in [0.3, 0.4) is 0 Å². The van der Waals surface area contributed by atoms with Gasteiger partial charge < -0.3 is 10.1 Å². The van der Waals surface area contributed by atoms with E-state index >= 15 is 0 Å². The highest BCUT2D eigenvalue weighted by molar-refractivity contribution is 9.10. The van der Waals surface area contributed by atoms with Gasteiger partial charge in [0.2, 0.25) is 0 Å². The first-order valence-electron chi connectivity index (χ1n) is 5.07. The Morgan fingerprint density at radius 3 is 3.00 bits per heavy atom. The van der Waals surface area contributed by atoms with E-state index in [1.54, 1.807) is 13.3 Å². The zero-order valence-corrected chi connectivity index (χ0v) is 12.1. The quantitative estimate of drug-likeness (QED) is 0.508. The lowest BCUT2D eigenvalue weighted by Crippen LogP contribution is -2.31. The van der Waals surface area contributed by atoms with E-state index in [1.165, 1.54) is 0 Å². The molecule has 0 fully saturated rings. The summed E-state index contributed by atoms with van der Waals surface area (Å²) in [7, 11) is 1.63. The van der Waals surface area contributed by atoms with Crippen molar-refractivity contribution in [2.24, 2.45) is 5.10 Å². The maximum absolute atomic E-state index is 5.13. The zero-order chi connectivity index (χ0) is 12.7. The minimum atomic E-state index is 0.503. The number of rotatable bonds is 4. The largest absolute Gasteiger partial charge is 0.497 e. The van der Waals surface area contributed by atoms with Crippen LogP contribution in [0.4, 0.5) is 0 Å². The third-order valence-electron chi connectivity index (χ3n) is 1.91. The van der Waals surface area contributed by atoms with Crippen molar-refractivity contribution in [3.63, 3.8) is 0 Å². The summed E-state index contributed by atoms with van der Waals surface area (Å²) in [6.07, 6.45) is 1.68. The van der Waals surface area contributed by atoms with Crippen LogP contribution in [0.2, 0.25) is 0 Å². The third kappa shape index (κ3) is 4.70. The first-order valence-corrected chi connectivity index (χ1v) is 6.28. The van der Waals surface area contributed by atoms with Gasteiger partial charge in [0.1, 0.15) is 5.75 Å². The molecule has 0 amide bonds. The zero-order valence-electron chi connectivity index (χ0n) is 9.66. The first-order chi connectivity index (χ1) is 8.17. The summed E-state index contributed by atoms with van der Waals surface area (Å²) in [5, 5.41) is 7.47. The fourth-order valence-corrected chi connectivity index (χ4v) is 1.65. The monoisotopic (exact) mass is 315 g/mol. The standard InChI is InChI=1S/C11H14BrN3OS/c1-3-13-11(17)15-14-7-8-6-9(16-2)4-5-10(8)12/h4-7H,3H2,1-2H3,(H2,13,15,17)/b14-7+. The normalized spacial score (nSPS) is 10.3. The summed E-state index contributed by atoms with van der Waals surface area (Å²) in [5.74, 6) is 0.781. The molecule has 0 atom stereocenters. The molecule has 1 aromatic carbocycles. The summed E-state index contributed by atoms with van der Waals surface area (Å²) in [5.41, 5.74) is 3.64. The van der Waals surface area contributed by atoms with E-state index in [0.29, 0.717) is 5.11 Å². The van der Waals surface area contributed by atoms with Crippen molar-refractivity contribution in [3.05, 3.63) is 28.2 Å². The van der Waals surface area contributed by atoms with Gasteiger partial charge in [-0.3, -0.25) is 5.43 Å². The number of benzene rings is 1. The Morgan fingerprint density at radius 2 is 2.35 bits per heavy atom. The van der Waals surface area contributed by atoms with Gasteiger partial charge in [-0.25, -0.2) is 0 Å². The molecule has 0 saturated heterocycles. The van der Waals surface area contributed by atoms with Crippen molar-refractivity contribution in [3.8, 4) is 5.75 Å². The average Bonchev–Trinajstić information content (AvgIpc) is 2.32. The van der Waals surface area contributed by atoms with Gasteiger partial charge in [-0.15, -0.1) is 0 Å². The van der Waals surface area contributed by atoms with Crippen molar-refractivity contribution in [2.45, 2.75) is 6.92 Å². The number of thiocarbonyl (C=S) groups is 1. The molecular formula is C11H14BrN3OS. The van der Waals surface area contributed by atoms with Crippen LogP contribution in [0.15, 0.2) is 27.8 Å². The number of halogens is 1. The van der Waals surface area contributed by atoms with Crippen LogP contribution in [0.5, 0.6) is 5.75 Å².